The number of nitrogens with zero attached hydrogens (tertiary/aromatic N) is 1. The van der Waals surface area contributed by atoms with E-state index in [1.165, 1.54) is 0 Å². The number of unbranched alkanes of at least 4 members (excludes halogenated alkanes) is 2. The van der Waals surface area contributed by atoms with E-state index in [-0.39, 0.29) is 5.78 Å². The first-order valence-electron chi connectivity index (χ1n) is 12.3. The first kappa shape index (κ1) is 24.8. The number of likely N-dealkylation sites (tertiary alicyclic amines) is 1. The average molecular weight is 448 g/mol. The minimum absolute atomic E-state index is 0.131. The van der Waals surface area contributed by atoms with Crippen LogP contribution in [-0.2, 0) is 4.79 Å². The lowest BCUT2D eigenvalue weighted by Crippen LogP contribution is -2.37. The summed E-state index contributed by atoms with van der Waals surface area (Å²) in [6.07, 6.45) is 8.37. The molecule has 0 saturated carbocycles. The van der Waals surface area contributed by atoms with E-state index < -0.39 is 0 Å². The topological polar surface area (TPSA) is 38.8 Å². The van der Waals surface area contributed by atoms with Crippen molar-refractivity contribution in [3.8, 4) is 11.5 Å². The number of ether oxygens (including phenoxy) is 2. The summed E-state index contributed by atoms with van der Waals surface area (Å²) in [7, 11) is 0. The third-order valence-electron chi connectivity index (χ3n) is 5.79. The van der Waals surface area contributed by atoms with Crippen LogP contribution in [0.15, 0.2) is 59.7 Å². The lowest BCUT2D eigenvalue weighted by atomic mass is 9.94. The highest BCUT2D eigenvalue weighted by Crippen LogP contribution is 2.24. The fourth-order valence-corrected chi connectivity index (χ4v) is 3.73. The number of rotatable bonds is 11. The van der Waals surface area contributed by atoms with Gasteiger partial charge in [-0.15, -0.1) is 0 Å². The molecule has 0 aliphatic carbocycles. The van der Waals surface area contributed by atoms with Gasteiger partial charge in [0.2, 0.25) is 0 Å². The maximum Gasteiger partial charge on any atom is 0.187 e. The molecule has 1 saturated heterocycles. The van der Waals surface area contributed by atoms with E-state index in [9.17, 15) is 4.79 Å². The molecular weight excluding hydrogens is 410 g/mol. The Morgan fingerprint density at radius 1 is 0.727 bits per heavy atom. The summed E-state index contributed by atoms with van der Waals surface area (Å²) < 4.78 is 11.5. The van der Waals surface area contributed by atoms with E-state index in [2.05, 4.69) is 25.7 Å². The van der Waals surface area contributed by atoms with E-state index in [1.807, 2.05) is 60.7 Å². The van der Waals surface area contributed by atoms with Crippen molar-refractivity contribution in [3.05, 3.63) is 70.8 Å². The third-order valence-corrected chi connectivity index (χ3v) is 5.79. The fourth-order valence-electron chi connectivity index (χ4n) is 3.73. The van der Waals surface area contributed by atoms with Gasteiger partial charge in [-0.25, -0.2) is 0 Å². The van der Waals surface area contributed by atoms with E-state index in [0.29, 0.717) is 13.1 Å². The smallest absolute Gasteiger partial charge is 0.187 e. The third kappa shape index (κ3) is 7.61. The summed E-state index contributed by atoms with van der Waals surface area (Å²) >= 11 is 0. The van der Waals surface area contributed by atoms with Gasteiger partial charge in [0.15, 0.2) is 5.78 Å². The number of carbonyl (C=O) groups is 1. The van der Waals surface area contributed by atoms with Crippen LogP contribution in [0.1, 0.15) is 57.6 Å². The molecule has 0 N–H and O–H groups in total. The zero-order valence-electron chi connectivity index (χ0n) is 20.3. The Balaban J connectivity index is 1.73. The molecule has 0 amide bonds. The Kier molecular flexibility index (Phi) is 9.77. The molecule has 3 rings (SSSR count). The van der Waals surface area contributed by atoms with E-state index >= 15 is 0 Å². The zero-order chi connectivity index (χ0) is 23.5. The number of likely N-dealkylation sites (N-methyl/N-ethyl adjacent to an activating group) is 1. The minimum Gasteiger partial charge on any atom is -0.494 e. The molecule has 4 nitrogen and oxygen atoms in total. The highest BCUT2D eigenvalue weighted by Gasteiger charge is 2.25. The summed E-state index contributed by atoms with van der Waals surface area (Å²) in [4.78, 5) is 15.6. The minimum atomic E-state index is 0.131. The molecule has 0 radical (unpaired) electrons. The number of Topliss-reactive ketones (excluding diaryl/α,β-unsaturated/α-hetero) is 1. The van der Waals surface area contributed by atoms with Crippen LogP contribution in [0, 0.1) is 0 Å². The molecule has 2 aromatic carbocycles. The molecule has 0 spiro atoms. The van der Waals surface area contributed by atoms with Gasteiger partial charge in [-0.05, 0) is 66.9 Å². The highest BCUT2D eigenvalue weighted by molar-refractivity contribution is 6.14. The van der Waals surface area contributed by atoms with Gasteiger partial charge in [0, 0.05) is 24.2 Å². The number of hydrogen-bond donors (Lipinski definition) is 0. The number of hydrogen-bond acceptors (Lipinski definition) is 4. The quantitative estimate of drug-likeness (QED) is 0.294. The Hall–Kier alpha value is -2.85. The van der Waals surface area contributed by atoms with Crippen molar-refractivity contribution in [1.82, 2.24) is 4.90 Å². The molecule has 33 heavy (non-hydrogen) atoms. The maximum absolute atomic E-state index is 13.3. The van der Waals surface area contributed by atoms with Crippen molar-refractivity contribution in [2.45, 2.75) is 46.5 Å². The van der Waals surface area contributed by atoms with Gasteiger partial charge in [-0.1, -0.05) is 57.9 Å². The average Bonchev–Trinajstić information content (AvgIpc) is 2.84. The number of benzene rings is 2. The Bertz CT molecular complexity index is 866. The lowest BCUT2D eigenvalue weighted by molar-refractivity contribution is -0.113. The van der Waals surface area contributed by atoms with Gasteiger partial charge in [-0.2, -0.15) is 0 Å². The Labute approximate surface area is 198 Å². The second-order valence-electron chi connectivity index (χ2n) is 8.51. The molecule has 1 aliphatic rings. The standard InChI is InChI=1S/C29H37NO3/c1-4-7-17-32-27-13-9-23(10-14-27)19-25-21-30(6-3)22-26(29(25)31)20-24-11-15-28(16-12-24)33-18-8-5-2/h9-16,19-20H,4-8,17-18,21-22H2,1-3H3/b25-19+,26-20+. The van der Waals surface area contributed by atoms with Gasteiger partial charge in [0.25, 0.3) is 0 Å². The Morgan fingerprint density at radius 2 is 1.15 bits per heavy atom. The fraction of sp³-hybridized carbons (Fsp3) is 0.414. The zero-order valence-corrected chi connectivity index (χ0v) is 20.3. The van der Waals surface area contributed by atoms with Crippen LogP contribution in [0.3, 0.4) is 0 Å². The summed E-state index contributed by atoms with van der Waals surface area (Å²) in [5.74, 6) is 1.88. The van der Waals surface area contributed by atoms with Crippen LogP contribution < -0.4 is 9.47 Å². The molecule has 0 aromatic heterocycles. The van der Waals surface area contributed by atoms with Crippen molar-refractivity contribution in [2.75, 3.05) is 32.8 Å². The molecule has 1 fully saturated rings. The number of piperidine rings is 1. The van der Waals surface area contributed by atoms with Crippen molar-refractivity contribution in [1.29, 1.82) is 0 Å². The van der Waals surface area contributed by atoms with Crippen LogP contribution in [0.25, 0.3) is 12.2 Å². The SMILES string of the molecule is CCCCOc1ccc(/C=C2\CN(CC)C/C(=C\c3ccc(OCCCC)cc3)C2=O)cc1. The van der Waals surface area contributed by atoms with Crippen LogP contribution in [0.4, 0.5) is 0 Å². The normalized spacial score (nSPS) is 17.0. The Morgan fingerprint density at radius 3 is 1.52 bits per heavy atom. The predicted molar refractivity (Wildman–Crippen MR) is 137 cm³/mol. The van der Waals surface area contributed by atoms with Crippen molar-refractivity contribution in [2.24, 2.45) is 0 Å². The van der Waals surface area contributed by atoms with Crippen LogP contribution in [-0.4, -0.2) is 43.5 Å². The van der Waals surface area contributed by atoms with Gasteiger partial charge in [-0.3, -0.25) is 9.69 Å². The van der Waals surface area contributed by atoms with Gasteiger partial charge in [0.1, 0.15) is 11.5 Å². The maximum atomic E-state index is 13.3. The largest absolute Gasteiger partial charge is 0.494 e. The molecule has 2 aromatic rings. The molecular formula is C29H37NO3. The second kappa shape index (κ2) is 13.0. The van der Waals surface area contributed by atoms with Crippen LogP contribution >= 0.6 is 0 Å². The predicted octanol–water partition coefficient (Wildman–Crippen LogP) is 6.42. The number of carbonyl (C=O) groups excluding carboxylic acids is 1. The second-order valence-corrected chi connectivity index (χ2v) is 8.51. The summed E-state index contributed by atoms with van der Waals surface area (Å²) in [5.41, 5.74) is 3.70. The van der Waals surface area contributed by atoms with Crippen LogP contribution in [0.2, 0.25) is 0 Å². The van der Waals surface area contributed by atoms with Crippen molar-refractivity contribution < 1.29 is 14.3 Å². The molecule has 176 valence electrons. The molecule has 0 atom stereocenters. The summed E-state index contributed by atoms with van der Waals surface area (Å²) in [6, 6.07) is 16.0. The van der Waals surface area contributed by atoms with Gasteiger partial charge < -0.3 is 9.47 Å². The molecule has 0 unspecified atom stereocenters. The van der Waals surface area contributed by atoms with Gasteiger partial charge >= 0.3 is 0 Å². The molecule has 4 heteroatoms. The lowest BCUT2D eigenvalue weighted by Gasteiger charge is -2.28. The molecule has 0 bridgehead atoms. The van der Waals surface area contributed by atoms with E-state index in [4.69, 9.17) is 9.47 Å². The number of ketones is 1. The monoisotopic (exact) mass is 447 g/mol. The molecule has 1 aliphatic heterocycles. The van der Waals surface area contributed by atoms with Gasteiger partial charge in [0.05, 0.1) is 13.2 Å². The first-order chi connectivity index (χ1) is 16.1. The summed E-state index contributed by atoms with van der Waals surface area (Å²) in [5, 5.41) is 0. The van der Waals surface area contributed by atoms with Crippen LogP contribution in [0.5, 0.6) is 11.5 Å². The van der Waals surface area contributed by atoms with E-state index in [0.717, 1.165) is 79.2 Å². The van der Waals surface area contributed by atoms with E-state index in [1.54, 1.807) is 0 Å². The molecule has 1 heterocycles. The van der Waals surface area contributed by atoms with Crippen molar-refractivity contribution in [3.63, 3.8) is 0 Å². The summed E-state index contributed by atoms with van der Waals surface area (Å²) in [6.45, 7) is 10.2. The highest BCUT2D eigenvalue weighted by atomic mass is 16.5. The first-order valence-corrected chi connectivity index (χ1v) is 12.3. The van der Waals surface area contributed by atoms with Crippen molar-refractivity contribution >= 4 is 17.9 Å².